The van der Waals surface area contributed by atoms with E-state index in [0.717, 1.165) is 36.0 Å². The lowest BCUT2D eigenvalue weighted by Crippen LogP contribution is -2.32. The molecule has 2 aromatic carbocycles. The van der Waals surface area contributed by atoms with Crippen molar-refractivity contribution in [2.24, 2.45) is 0 Å². The SMILES string of the molecule is Cc1ccc(/C=C/S(=O)(=O)N2CCCCC(c3ccc(Cl)cc3)C2)cc1. The Balaban J connectivity index is 1.77. The van der Waals surface area contributed by atoms with Gasteiger partial charge in [0, 0.05) is 23.5 Å². The van der Waals surface area contributed by atoms with Crippen molar-refractivity contribution in [2.75, 3.05) is 13.1 Å². The van der Waals surface area contributed by atoms with Crippen LogP contribution in [0.15, 0.2) is 53.9 Å². The largest absolute Gasteiger partial charge is 0.236 e. The molecule has 1 unspecified atom stereocenters. The van der Waals surface area contributed by atoms with Crippen LogP contribution in [0.5, 0.6) is 0 Å². The van der Waals surface area contributed by atoms with Crippen molar-refractivity contribution in [2.45, 2.75) is 32.1 Å². The monoisotopic (exact) mass is 389 g/mol. The molecular weight excluding hydrogens is 366 g/mol. The second kappa shape index (κ2) is 8.38. The van der Waals surface area contributed by atoms with E-state index in [4.69, 9.17) is 11.6 Å². The van der Waals surface area contributed by atoms with E-state index >= 15 is 0 Å². The Morgan fingerprint density at radius 1 is 1.04 bits per heavy atom. The summed E-state index contributed by atoms with van der Waals surface area (Å²) in [5.41, 5.74) is 3.20. The Kier molecular flexibility index (Phi) is 6.17. The van der Waals surface area contributed by atoms with Gasteiger partial charge in [0.1, 0.15) is 0 Å². The quantitative estimate of drug-likeness (QED) is 0.718. The van der Waals surface area contributed by atoms with Gasteiger partial charge in [-0.25, -0.2) is 8.42 Å². The molecule has 5 heteroatoms. The molecule has 0 amide bonds. The van der Waals surface area contributed by atoms with Gasteiger partial charge in [-0.05, 0) is 55.0 Å². The standard InChI is InChI=1S/C21H24ClNO2S/c1-17-5-7-18(8-6-17)13-15-26(24,25)23-14-3-2-4-20(16-23)19-9-11-21(22)12-10-19/h5-13,15,20H,2-4,14,16H2,1H3/b15-13+. The van der Waals surface area contributed by atoms with Gasteiger partial charge in [0.15, 0.2) is 0 Å². The first-order valence-electron chi connectivity index (χ1n) is 8.94. The molecular formula is C21H24ClNO2S. The van der Waals surface area contributed by atoms with Crippen molar-refractivity contribution in [1.29, 1.82) is 0 Å². The Hall–Kier alpha value is -1.62. The number of nitrogens with zero attached hydrogens (tertiary/aromatic N) is 1. The predicted octanol–water partition coefficient (Wildman–Crippen LogP) is 5.22. The van der Waals surface area contributed by atoms with Crippen LogP contribution in [0.1, 0.15) is 41.9 Å². The second-order valence-corrected chi connectivity index (χ2v) is 9.12. The molecule has 0 bridgehead atoms. The highest BCUT2D eigenvalue weighted by molar-refractivity contribution is 7.92. The first kappa shape index (κ1) is 19.2. The molecule has 0 N–H and O–H groups in total. The van der Waals surface area contributed by atoms with Gasteiger partial charge in [0.05, 0.1) is 0 Å². The van der Waals surface area contributed by atoms with Gasteiger partial charge < -0.3 is 0 Å². The minimum Gasteiger partial charge on any atom is -0.208 e. The molecule has 0 aliphatic carbocycles. The van der Waals surface area contributed by atoms with E-state index in [2.05, 4.69) is 0 Å². The summed E-state index contributed by atoms with van der Waals surface area (Å²) in [6, 6.07) is 15.6. The van der Waals surface area contributed by atoms with Gasteiger partial charge in [-0.15, -0.1) is 0 Å². The Bertz CT molecular complexity index is 858. The summed E-state index contributed by atoms with van der Waals surface area (Å²) in [5.74, 6) is 0.206. The summed E-state index contributed by atoms with van der Waals surface area (Å²) < 4.78 is 27.3. The lowest BCUT2D eigenvalue weighted by atomic mass is 9.95. The molecule has 2 aromatic rings. The molecule has 0 saturated carbocycles. The lowest BCUT2D eigenvalue weighted by molar-refractivity contribution is 0.412. The van der Waals surface area contributed by atoms with Crippen molar-refractivity contribution >= 4 is 27.7 Å². The van der Waals surface area contributed by atoms with Crippen LogP contribution in [-0.2, 0) is 10.0 Å². The second-order valence-electron chi connectivity index (χ2n) is 6.86. The third-order valence-electron chi connectivity index (χ3n) is 4.85. The number of hydrogen-bond acceptors (Lipinski definition) is 2. The average Bonchev–Trinajstić information content (AvgIpc) is 2.89. The highest BCUT2D eigenvalue weighted by atomic mass is 35.5. The first-order chi connectivity index (χ1) is 12.4. The van der Waals surface area contributed by atoms with Crippen molar-refractivity contribution < 1.29 is 8.42 Å². The Morgan fingerprint density at radius 3 is 2.42 bits per heavy atom. The lowest BCUT2D eigenvalue weighted by Gasteiger charge is -2.23. The Morgan fingerprint density at radius 2 is 1.73 bits per heavy atom. The van der Waals surface area contributed by atoms with Crippen LogP contribution >= 0.6 is 11.6 Å². The fourth-order valence-electron chi connectivity index (χ4n) is 3.27. The number of sulfonamides is 1. The van der Waals surface area contributed by atoms with Crippen LogP contribution in [-0.4, -0.2) is 25.8 Å². The van der Waals surface area contributed by atoms with Crippen LogP contribution in [0.25, 0.3) is 6.08 Å². The predicted molar refractivity (Wildman–Crippen MR) is 109 cm³/mol. The van der Waals surface area contributed by atoms with E-state index in [1.54, 1.807) is 10.4 Å². The smallest absolute Gasteiger partial charge is 0.208 e. The molecule has 26 heavy (non-hydrogen) atoms. The Labute approximate surface area is 161 Å². The third-order valence-corrected chi connectivity index (χ3v) is 6.63. The van der Waals surface area contributed by atoms with E-state index in [1.807, 2.05) is 55.5 Å². The summed E-state index contributed by atoms with van der Waals surface area (Å²) in [6.07, 6.45) is 4.59. The zero-order chi connectivity index (χ0) is 18.6. The van der Waals surface area contributed by atoms with Crippen molar-refractivity contribution in [1.82, 2.24) is 4.31 Å². The fraction of sp³-hybridized carbons (Fsp3) is 0.333. The summed E-state index contributed by atoms with van der Waals surface area (Å²) >= 11 is 5.98. The van der Waals surface area contributed by atoms with E-state index in [-0.39, 0.29) is 5.92 Å². The van der Waals surface area contributed by atoms with Crippen LogP contribution in [0.3, 0.4) is 0 Å². The molecule has 1 heterocycles. The number of halogens is 1. The van der Waals surface area contributed by atoms with Crippen molar-refractivity contribution in [3.05, 3.63) is 75.7 Å². The minimum atomic E-state index is -3.44. The van der Waals surface area contributed by atoms with Gasteiger partial charge >= 0.3 is 0 Å². The summed E-state index contributed by atoms with van der Waals surface area (Å²) in [5, 5.41) is 2.04. The maximum atomic E-state index is 12.8. The molecule has 1 atom stereocenters. The van der Waals surface area contributed by atoms with Gasteiger partial charge in [-0.2, -0.15) is 4.31 Å². The van der Waals surface area contributed by atoms with Gasteiger partial charge in [-0.3, -0.25) is 0 Å². The molecule has 0 spiro atoms. The molecule has 1 fully saturated rings. The van der Waals surface area contributed by atoms with Crippen molar-refractivity contribution in [3.8, 4) is 0 Å². The normalized spacial score (nSPS) is 19.5. The topological polar surface area (TPSA) is 37.4 Å². The van der Waals surface area contributed by atoms with Crippen molar-refractivity contribution in [3.63, 3.8) is 0 Å². The van der Waals surface area contributed by atoms with Crippen LogP contribution in [0.2, 0.25) is 5.02 Å². The summed E-state index contributed by atoms with van der Waals surface area (Å²) in [4.78, 5) is 0. The fourth-order valence-corrected chi connectivity index (χ4v) is 4.67. The maximum absolute atomic E-state index is 12.8. The molecule has 0 radical (unpaired) electrons. The highest BCUT2D eigenvalue weighted by Crippen LogP contribution is 2.29. The number of aryl methyl sites for hydroxylation is 1. The molecule has 1 aliphatic heterocycles. The summed E-state index contributed by atoms with van der Waals surface area (Å²) in [7, 11) is -3.44. The van der Waals surface area contributed by atoms with Crippen LogP contribution in [0.4, 0.5) is 0 Å². The highest BCUT2D eigenvalue weighted by Gasteiger charge is 2.26. The number of benzene rings is 2. The van der Waals surface area contributed by atoms with E-state index < -0.39 is 10.0 Å². The maximum Gasteiger partial charge on any atom is 0.236 e. The molecule has 3 nitrogen and oxygen atoms in total. The van der Waals surface area contributed by atoms with E-state index in [0.29, 0.717) is 18.1 Å². The third kappa shape index (κ3) is 4.97. The average molecular weight is 390 g/mol. The number of rotatable bonds is 4. The minimum absolute atomic E-state index is 0.206. The van der Waals surface area contributed by atoms with Crippen LogP contribution in [0, 0.1) is 6.92 Å². The molecule has 3 rings (SSSR count). The summed E-state index contributed by atoms with van der Waals surface area (Å²) in [6.45, 7) is 3.10. The zero-order valence-electron chi connectivity index (χ0n) is 14.9. The van der Waals surface area contributed by atoms with E-state index in [1.165, 1.54) is 5.41 Å². The van der Waals surface area contributed by atoms with Gasteiger partial charge in [-0.1, -0.05) is 60.0 Å². The molecule has 0 aromatic heterocycles. The number of hydrogen-bond donors (Lipinski definition) is 0. The molecule has 138 valence electrons. The molecule has 1 saturated heterocycles. The van der Waals surface area contributed by atoms with Crippen LogP contribution < -0.4 is 0 Å². The van der Waals surface area contributed by atoms with Gasteiger partial charge in [0.25, 0.3) is 0 Å². The zero-order valence-corrected chi connectivity index (χ0v) is 16.5. The van der Waals surface area contributed by atoms with E-state index in [9.17, 15) is 8.42 Å². The molecule has 1 aliphatic rings. The first-order valence-corrected chi connectivity index (χ1v) is 10.8. The van der Waals surface area contributed by atoms with Gasteiger partial charge in [0.2, 0.25) is 10.0 Å².